The topological polar surface area (TPSA) is 0 Å². The van der Waals surface area contributed by atoms with E-state index in [1.54, 1.807) is 0 Å². The molecule has 0 atom stereocenters. The zero-order valence-corrected chi connectivity index (χ0v) is 6.95. The van der Waals surface area contributed by atoms with Crippen LogP contribution in [-0.2, 0) is 0 Å². The Kier molecular flexibility index (Phi) is 7.42. The van der Waals surface area contributed by atoms with Crippen molar-refractivity contribution < 1.29 is 0 Å². The SMILES string of the molecule is C/C=C/CCCCBr. The average molecular weight is 177 g/mol. The van der Waals surface area contributed by atoms with Crippen molar-refractivity contribution in [3.8, 4) is 0 Å². The number of rotatable bonds is 4. The van der Waals surface area contributed by atoms with Crippen LogP contribution in [0.5, 0.6) is 0 Å². The van der Waals surface area contributed by atoms with Gasteiger partial charge >= 0.3 is 0 Å². The van der Waals surface area contributed by atoms with Crippen molar-refractivity contribution in [2.75, 3.05) is 5.33 Å². The molecule has 1 heteroatoms. The minimum Gasteiger partial charge on any atom is -0.0928 e. The first-order chi connectivity index (χ1) is 3.91. The third kappa shape index (κ3) is 6.22. The van der Waals surface area contributed by atoms with E-state index in [4.69, 9.17) is 0 Å². The van der Waals surface area contributed by atoms with Crippen molar-refractivity contribution in [3.63, 3.8) is 0 Å². The summed E-state index contributed by atoms with van der Waals surface area (Å²) in [6.45, 7) is 2.06. The molecule has 0 N–H and O–H groups in total. The van der Waals surface area contributed by atoms with E-state index in [-0.39, 0.29) is 0 Å². The summed E-state index contributed by atoms with van der Waals surface area (Å²) >= 11 is 3.38. The predicted octanol–water partition coefficient (Wildman–Crippen LogP) is 3.13. The molecule has 0 spiro atoms. The third-order valence-electron chi connectivity index (χ3n) is 0.990. The van der Waals surface area contributed by atoms with Crippen LogP contribution in [0.2, 0.25) is 0 Å². The molecular weight excluding hydrogens is 164 g/mol. The fourth-order valence-corrected chi connectivity index (χ4v) is 0.920. The maximum atomic E-state index is 3.38. The second-order valence-electron chi connectivity index (χ2n) is 1.75. The Labute approximate surface area is 60.1 Å². The van der Waals surface area contributed by atoms with Gasteiger partial charge in [-0.05, 0) is 26.2 Å². The highest BCUT2D eigenvalue weighted by Gasteiger charge is 1.79. The molecule has 0 saturated heterocycles. The van der Waals surface area contributed by atoms with Gasteiger partial charge in [0, 0.05) is 5.33 Å². The zero-order valence-electron chi connectivity index (χ0n) is 5.36. The maximum Gasteiger partial charge on any atom is 0.00314 e. The lowest BCUT2D eigenvalue weighted by atomic mass is 10.2. The van der Waals surface area contributed by atoms with Crippen molar-refractivity contribution in [1.82, 2.24) is 0 Å². The first kappa shape index (κ1) is 8.22. The van der Waals surface area contributed by atoms with Gasteiger partial charge in [-0.25, -0.2) is 0 Å². The lowest BCUT2D eigenvalue weighted by molar-refractivity contribution is 0.826. The number of alkyl halides is 1. The van der Waals surface area contributed by atoms with Gasteiger partial charge in [0.05, 0.1) is 0 Å². The van der Waals surface area contributed by atoms with Gasteiger partial charge in [0.1, 0.15) is 0 Å². The molecule has 0 aliphatic rings. The van der Waals surface area contributed by atoms with E-state index >= 15 is 0 Å². The van der Waals surface area contributed by atoms with Crippen molar-refractivity contribution in [1.29, 1.82) is 0 Å². The van der Waals surface area contributed by atoms with Gasteiger partial charge in [0.15, 0.2) is 0 Å². The highest BCUT2D eigenvalue weighted by atomic mass is 79.9. The average Bonchev–Trinajstić information content (AvgIpc) is 1.81. The predicted molar refractivity (Wildman–Crippen MR) is 42.5 cm³/mol. The van der Waals surface area contributed by atoms with Gasteiger partial charge in [0.2, 0.25) is 0 Å². The number of allylic oxidation sites excluding steroid dienone is 2. The van der Waals surface area contributed by atoms with Crippen LogP contribution >= 0.6 is 15.9 Å². The van der Waals surface area contributed by atoms with Gasteiger partial charge in [-0.1, -0.05) is 28.1 Å². The quantitative estimate of drug-likeness (QED) is 0.351. The Balaban J connectivity index is 2.72. The summed E-state index contributed by atoms with van der Waals surface area (Å²) in [5.74, 6) is 0. The van der Waals surface area contributed by atoms with Crippen LogP contribution < -0.4 is 0 Å². The van der Waals surface area contributed by atoms with E-state index in [1.165, 1.54) is 19.3 Å². The summed E-state index contributed by atoms with van der Waals surface area (Å²) in [5.41, 5.74) is 0. The summed E-state index contributed by atoms with van der Waals surface area (Å²) in [7, 11) is 0. The summed E-state index contributed by atoms with van der Waals surface area (Å²) in [6, 6.07) is 0. The van der Waals surface area contributed by atoms with Crippen LogP contribution in [0.25, 0.3) is 0 Å². The lowest BCUT2D eigenvalue weighted by Gasteiger charge is -1.87. The molecule has 0 aliphatic heterocycles. The Morgan fingerprint density at radius 1 is 1.38 bits per heavy atom. The molecule has 0 saturated carbocycles. The molecular formula is C7H13Br. The molecule has 0 fully saturated rings. The molecule has 0 amide bonds. The van der Waals surface area contributed by atoms with Crippen LogP contribution in [0.1, 0.15) is 26.2 Å². The van der Waals surface area contributed by atoms with E-state index in [0.29, 0.717) is 0 Å². The highest BCUT2D eigenvalue weighted by molar-refractivity contribution is 9.09. The molecule has 0 aromatic rings. The molecule has 0 aromatic carbocycles. The van der Waals surface area contributed by atoms with E-state index in [2.05, 4.69) is 35.0 Å². The van der Waals surface area contributed by atoms with E-state index in [9.17, 15) is 0 Å². The van der Waals surface area contributed by atoms with E-state index in [0.717, 1.165) is 5.33 Å². The number of hydrogen-bond acceptors (Lipinski definition) is 0. The molecule has 0 radical (unpaired) electrons. The molecule has 0 aromatic heterocycles. The highest BCUT2D eigenvalue weighted by Crippen LogP contribution is 1.98. The fraction of sp³-hybridized carbons (Fsp3) is 0.714. The summed E-state index contributed by atoms with van der Waals surface area (Å²) in [5, 5.41) is 1.14. The van der Waals surface area contributed by atoms with Crippen molar-refractivity contribution in [3.05, 3.63) is 12.2 Å². The van der Waals surface area contributed by atoms with Crippen LogP contribution in [-0.4, -0.2) is 5.33 Å². The lowest BCUT2D eigenvalue weighted by Crippen LogP contribution is -1.72. The van der Waals surface area contributed by atoms with Crippen molar-refractivity contribution in [2.24, 2.45) is 0 Å². The zero-order chi connectivity index (χ0) is 6.24. The molecule has 48 valence electrons. The Hall–Kier alpha value is 0.220. The third-order valence-corrected chi connectivity index (χ3v) is 1.55. The summed E-state index contributed by atoms with van der Waals surface area (Å²) in [6.07, 6.45) is 8.17. The monoisotopic (exact) mass is 176 g/mol. The van der Waals surface area contributed by atoms with Gasteiger partial charge in [-0.2, -0.15) is 0 Å². The second kappa shape index (κ2) is 7.22. The van der Waals surface area contributed by atoms with Crippen LogP contribution in [0.15, 0.2) is 12.2 Å². The van der Waals surface area contributed by atoms with Crippen molar-refractivity contribution >= 4 is 15.9 Å². The smallest absolute Gasteiger partial charge is 0.00314 e. The number of unbranched alkanes of at least 4 members (excludes halogenated alkanes) is 2. The number of halogens is 1. The molecule has 8 heavy (non-hydrogen) atoms. The maximum absolute atomic E-state index is 3.38. The molecule has 0 unspecified atom stereocenters. The standard InChI is InChI=1S/C7H13Br/c1-2-3-4-5-6-7-8/h2-3H,4-7H2,1H3/b3-2+. The van der Waals surface area contributed by atoms with Crippen LogP contribution in [0.3, 0.4) is 0 Å². The molecule has 0 rings (SSSR count). The Morgan fingerprint density at radius 3 is 2.62 bits per heavy atom. The summed E-state index contributed by atoms with van der Waals surface area (Å²) in [4.78, 5) is 0. The largest absolute Gasteiger partial charge is 0.0928 e. The minimum atomic E-state index is 1.14. The first-order valence-electron chi connectivity index (χ1n) is 3.09. The Morgan fingerprint density at radius 2 is 2.12 bits per heavy atom. The van der Waals surface area contributed by atoms with Gasteiger partial charge in [-0.3, -0.25) is 0 Å². The molecule has 0 nitrogen and oxygen atoms in total. The van der Waals surface area contributed by atoms with Gasteiger partial charge in [0.25, 0.3) is 0 Å². The van der Waals surface area contributed by atoms with Crippen LogP contribution in [0, 0.1) is 0 Å². The Bertz CT molecular complexity index is 57.4. The molecule has 0 aliphatic carbocycles. The van der Waals surface area contributed by atoms with Gasteiger partial charge in [-0.15, -0.1) is 0 Å². The fourth-order valence-electron chi connectivity index (χ4n) is 0.523. The normalized spacial score (nSPS) is 10.8. The minimum absolute atomic E-state index is 1.14. The van der Waals surface area contributed by atoms with Crippen LogP contribution in [0.4, 0.5) is 0 Å². The van der Waals surface area contributed by atoms with Gasteiger partial charge < -0.3 is 0 Å². The van der Waals surface area contributed by atoms with E-state index < -0.39 is 0 Å². The molecule has 0 bridgehead atoms. The summed E-state index contributed by atoms with van der Waals surface area (Å²) < 4.78 is 0. The first-order valence-corrected chi connectivity index (χ1v) is 4.21. The van der Waals surface area contributed by atoms with Crippen molar-refractivity contribution in [2.45, 2.75) is 26.2 Å². The number of hydrogen-bond donors (Lipinski definition) is 0. The second-order valence-corrected chi connectivity index (χ2v) is 2.55. The van der Waals surface area contributed by atoms with E-state index in [1.807, 2.05) is 0 Å². The molecule has 0 heterocycles.